The molecule has 1 rings (SSSR count). The lowest BCUT2D eigenvalue weighted by molar-refractivity contribution is -0.153. The number of carbonyl (C=O) groups is 2. The zero-order valence-corrected chi connectivity index (χ0v) is 9.29. The lowest BCUT2D eigenvalue weighted by Gasteiger charge is -2.32. The van der Waals surface area contributed by atoms with Gasteiger partial charge in [-0.25, -0.2) is 0 Å². The molecule has 0 aliphatic heterocycles. The largest absolute Gasteiger partial charge is 0.468 e. The maximum atomic E-state index is 11.6. The first-order valence-corrected chi connectivity index (χ1v) is 5.04. The van der Waals surface area contributed by atoms with Gasteiger partial charge in [0.05, 0.1) is 7.11 Å². The van der Waals surface area contributed by atoms with E-state index in [0.29, 0.717) is 12.3 Å². The van der Waals surface area contributed by atoms with Gasteiger partial charge in [0.15, 0.2) is 0 Å². The minimum atomic E-state index is -0.549. The van der Waals surface area contributed by atoms with Crippen LogP contribution in [0.1, 0.15) is 33.6 Å². The van der Waals surface area contributed by atoms with Crippen molar-refractivity contribution in [2.75, 3.05) is 7.11 Å². The Morgan fingerprint density at radius 3 is 2.57 bits per heavy atom. The summed E-state index contributed by atoms with van der Waals surface area (Å²) in [4.78, 5) is 23.1. The average molecular weight is 198 g/mol. The van der Waals surface area contributed by atoms with E-state index in [1.807, 2.05) is 6.92 Å². The van der Waals surface area contributed by atoms with E-state index in [4.69, 9.17) is 4.74 Å². The van der Waals surface area contributed by atoms with Crippen molar-refractivity contribution in [3.8, 4) is 0 Å². The van der Waals surface area contributed by atoms with E-state index >= 15 is 0 Å². The molecule has 3 heteroatoms. The number of hydrogen-bond donors (Lipinski definition) is 0. The van der Waals surface area contributed by atoms with Crippen LogP contribution in [0.2, 0.25) is 0 Å². The number of Topliss-reactive ketones (excluding diaryl/α,β-unsaturated/α-hetero) is 1. The fourth-order valence-corrected chi connectivity index (χ4v) is 2.19. The van der Waals surface area contributed by atoms with Gasteiger partial charge in [0.1, 0.15) is 11.7 Å². The van der Waals surface area contributed by atoms with Crippen LogP contribution >= 0.6 is 0 Å². The maximum Gasteiger partial charge on any atom is 0.316 e. The molecular formula is C11H18O3. The van der Waals surface area contributed by atoms with Crippen molar-refractivity contribution < 1.29 is 14.3 Å². The number of hydrogen-bond acceptors (Lipinski definition) is 3. The van der Waals surface area contributed by atoms with Crippen LogP contribution in [0.3, 0.4) is 0 Å². The Bertz CT molecular complexity index is 257. The molecule has 1 saturated carbocycles. The van der Waals surface area contributed by atoms with E-state index < -0.39 is 5.92 Å². The normalized spacial score (nSPS) is 32.4. The van der Waals surface area contributed by atoms with Crippen molar-refractivity contribution in [2.24, 2.45) is 17.3 Å². The molecule has 0 aromatic heterocycles. The molecule has 0 radical (unpaired) electrons. The van der Waals surface area contributed by atoms with E-state index in [9.17, 15) is 9.59 Å². The number of ether oxygens (including phenoxy) is 1. The number of rotatable bonds is 2. The highest BCUT2D eigenvalue weighted by molar-refractivity contribution is 6.01. The molecule has 1 aliphatic rings. The van der Waals surface area contributed by atoms with Gasteiger partial charge in [-0.05, 0) is 17.8 Å². The minimum absolute atomic E-state index is 0.0352. The molecule has 1 fully saturated rings. The monoisotopic (exact) mass is 198 g/mol. The molecule has 2 atom stereocenters. The molecule has 0 aromatic carbocycles. The van der Waals surface area contributed by atoms with Crippen LogP contribution in [0.5, 0.6) is 0 Å². The second-order valence-corrected chi connectivity index (χ2v) is 4.58. The van der Waals surface area contributed by atoms with Crippen molar-refractivity contribution in [2.45, 2.75) is 33.6 Å². The van der Waals surface area contributed by atoms with E-state index in [-0.39, 0.29) is 17.2 Å². The highest BCUT2D eigenvalue weighted by Gasteiger charge is 2.50. The number of ketones is 1. The van der Waals surface area contributed by atoms with Gasteiger partial charge in [-0.2, -0.15) is 0 Å². The van der Waals surface area contributed by atoms with Gasteiger partial charge in [-0.1, -0.05) is 20.8 Å². The molecule has 0 amide bonds. The molecule has 0 N–H and O–H groups in total. The summed E-state index contributed by atoms with van der Waals surface area (Å²) in [6.45, 7) is 6.10. The van der Waals surface area contributed by atoms with Gasteiger partial charge in [-0.3, -0.25) is 9.59 Å². The first-order valence-electron chi connectivity index (χ1n) is 5.04. The lowest BCUT2D eigenvalue weighted by Crippen LogP contribution is -2.37. The fourth-order valence-electron chi connectivity index (χ4n) is 2.19. The van der Waals surface area contributed by atoms with Crippen LogP contribution in [0.15, 0.2) is 0 Å². The van der Waals surface area contributed by atoms with Crippen molar-refractivity contribution in [1.29, 1.82) is 0 Å². The Hall–Kier alpha value is -0.860. The Balaban J connectivity index is 2.98. The van der Waals surface area contributed by atoms with Crippen LogP contribution in [0.4, 0.5) is 0 Å². The SMILES string of the molecule is COC(=O)C1C(=O)CC[C@]1(C)C(C)C. The Labute approximate surface area is 84.8 Å². The van der Waals surface area contributed by atoms with Crippen molar-refractivity contribution in [3.05, 3.63) is 0 Å². The predicted octanol–water partition coefficient (Wildman–Crippen LogP) is 1.80. The van der Waals surface area contributed by atoms with Gasteiger partial charge in [0, 0.05) is 6.42 Å². The minimum Gasteiger partial charge on any atom is -0.468 e. The Morgan fingerprint density at radius 2 is 2.14 bits per heavy atom. The highest BCUT2D eigenvalue weighted by Crippen LogP contribution is 2.46. The standard InChI is InChI=1S/C11H18O3/c1-7(2)11(3)6-5-8(12)9(11)10(13)14-4/h7,9H,5-6H2,1-4H3/t9?,11-/m1/s1. The smallest absolute Gasteiger partial charge is 0.316 e. The number of esters is 1. The first-order chi connectivity index (χ1) is 6.43. The fraction of sp³-hybridized carbons (Fsp3) is 0.818. The third kappa shape index (κ3) is 1.56. The van der Waals surface area contributed by atoms with Crippen molar-refractivity contribution in [3.63, 3.8) is 0 Å². The average Bonchev–Trinajstić information content (AvgIpc) is 2.43. The van der Waals surface area contributed by atoms with E-state index in [0.717, 1.165) is 6.42 Å². The molecule has 3 nitrogen and oxygen atoms in total. The summed E-state index contributed by atoms with van der Waals surface area (Å²) in [7, 11) is 1.34. The molecule has 0 spiro atoms. The zero-order valence-electron chi connectivity index (χ0n) is 9.29. The van der Waals surface area contributed by atoms with E-state index in [1.54, 1.807) is 0 Å². The number of carbonyl (C=O) groups excluding carboxylic acids is 2. The highest BCUT2D eigenvalue weighted by atomic mass is 16.5. The molecule has 0 bridgehead atoms. The molecule has 1 aliphatic carbocycles. The van der Waals surface area contributed by atoms with Gasteiger partial charge in [-0.15, -0.1) is 0 Å². The summed E-state index contributed by atoms with van der Waals surface area (Å²) in [6.07, 6.45) is 1.30. The molecule has 0 heterocycles. The zero-order chi connectivity index (χ0) is 10.9. The molecule has 14 heavy (non-hydrogen) atoms. The van der Waals surface area contributed by atoms with E-state index in [2.05, 4.69) is 13.8 Å². The predicted molar refractivity (Wildman–Crippen MR) is 52.7 cm³/mol. The first kappa shape index (κ1) is 11.2. The maximum absolute atomic E-state index is 11.6. The molecule has 80 valence electrons. The third-order valence-corrected chi connectivity index (χ3v) is 3.65. The van der Waals surface area contributed by atoms with Gasteiger partial charge < -0.3 is 4.74 Å². The topological polar surface area (TPSA) is 43.4 Å². The quantitative estimate of drug-likeness (QED) is 0.502. The second-order valence-electron chi connectivity index (χ2n) is 4.58. The van der Waals surface area contributed by atoms with Crippen LogP contribution in [-0.2, 0) is 14.3 Å². The van der Waals surface area contributed by atoms with Gasteiger partial charge >= 0.3 is 5.97 Å². The summed E-state index contributed by atoms with van der Waals surface area (Å²) in [6, 6.07) is 0. The van der Waals surface area contributed by atoms with E-state index in [1.165, 1.54) is 7.11 Å². The molecule has 0 aromatic rings. The van der Waals surface area contributed by atoms with Crippen LogP contribution in [0.25, 0.3) is 0 Å². The number of methoxy groups -OCH3 is 1. The summed E-state index contributed by atoms with van der Waals surface area (Å²) in [5.41, 5.74) is -0.218. The molecule has 1 unspecified atom stereocenters. The lowest BCUT2D eigenvalue weighted by atomic mass is 9.71. The Morgan fingerprint density at radius 1 is 1.57 bits per heavy atom. The van der Waals surface area contributed by atoms with Crippen molar-refractivity contribution >= 4 is 11.8 Å². The molecular weight excluding hydrogens is 180 g/mol. The van der Waals surface area contributed by atoms with Crippen molar-refractivity contribution in [1.82, 2.24) is 0 Å². The third-order valence-electron chi connectivity index (χ3n) is 3.65. The summed E-state index contributed by atoms with van der Waals surface area (Å²) in [5.74, 6) is -0.567. The van der Waals surface area contributed by atoms with Crippen LogP contribution < -0.4 is 0 Å². The molecule has 0 saturated heterocycles. The van der Waals surface area contributed by atoms with Crippen LogP contribution in [-0.4, -0.2) is 18.9 Å². The van der Waals surface area contributed by atoms with Crippen LogP contribution in [0, 0.1) is 17.3 Å². The summed E-state index contributed by atoms with van der Waals surface area (Å²) >= 11 is 0. The second kappa shape index (κ2) is 3.71. The van der Waals surface area contributed by atoms with Gasteiger partial charge in [0.25, 0.3) is 0 Å². The van der Waals surface area contributed by atoms with Gasteiger partial charge in [0.2, 0.25) is 0 Å². The summed E-state index contributed by atoms with van der Waals surface area (Å²) < 4.78 is 4.69. The summed E-state index contributed by atoms with van der Waals surface area (Å²) in [5, 5.41) is 0. The Kier molecular flexibility index (Phi) is 2.98.